The first-order valence-corrected chi connectivity index (χ1v) is 4.90. The number of benzene rings is 1. The minimum atomic E-state index is -4.35. The number of allylic oxidation sites excluding steroid dienone is 1. The van der Waals surface area contributed by atoms with Crippen LogP contribution in [0, 0.1) is 11.8 Å². The second-order valence-corrected chi connectivity index (χ2v) is 3.40. The van der Waals surface area contributed by atoms with Gasteiger partial charge in [0.05, 0.1) is 12.2 Å². The summed E-state index contributed by atoms with van der Waals surface area (Å²) in [4.78, 5) is 0. The second kappa shape index (κ2) is 5.55. The molecule has 17 heavy (non-hydrogen) atoms. The standard InChI is InChI=1S/C13H11F3O/c1-10(7-8-17)5-6-11-3-2-4-12(9-11)13(14,15)16/h2-4,7,9,17H,8H2,1H3. The topological polar surface area (TPSA) is 20.2 Å². The molecule has 0 amide bonds. The van der Waals surface area contributed by atoms with Gasteiger partial charge >= 0.3 is 6.18 Å². The molecule has 0 saturated carbocycles. The molecular formula is C13H11F3O. The zero-order valence-electron chi connectivity index (χ0n) is 9.17. The van der Waals surface area contributed by atoms with E-state index >= 15 is 0 Å². The molecule has 1 nitrogen and oxygen atoms in total. The van der Waals surface area contributed by atoms with Crippen LogP contribution in [0.25, 0.3) is 0 Å². The van der Waals surface area contributed by atoms with E-state index in [0.717, 1.165) is 12.1 Å². The molecule has 90 valence electrons. The Morgan fingerprint density at radius 1 is 1.41 bits per heavy atom. The van der Waals surface area contributed by atoms with Gasteiger partial charge in [-0.3, -0.25) is 0 Å². The highest BCUT2D eigenvalue weighted by Crippen LogP contribution is 2.29. The normalized spacial score (nSPS) is 11.9. The number of alkyl halides is 3. The number of halogens is 3. The molecule has 0 aliphatic heterocycles. The van der Waals surface area contributed by atoms with Crippen molar-refractivity contribution >= 4 is 0 Å². The molecule has 0 radical (unpaired) electrons. The fourth-order valence-corrected chi connectivity index (χ4v) is 1.13. The van der Waals surface area contributed by atoms with Crippen molar-refractivity contribution < 1.29 is 18.3 Å². The van der Waals surface area contributed by atoms with Crippen molar-refractivity contribution in [2.24, 2.45) is 0 Å². The van der Waals surface area contributed by atoms with Gasteiger partial charge in [-0.1, -0.05) is 17.9 Å². The van der Waals surface area contributed by atoms with Gasteiger partial charge in [-0.05, 0) is 36.8 Å². The van der Waals surface area contributed by atoms with Gasteiger partial charge in [0.1, 0.15) is 0 Å². The third-order valence-electron chi connectivity index (χ3n) is 1.99. The molecule has 0 unspecified atom stereocenters. The van der Waals surface area contributed by atoms with Crippen LogP contribution < -0.4 is 0 Å². The first kappa shape index (κ1) is 13.3. The van der Waals surface area contributed by atoms with Gasteiger partial charge in [0.2, 0.25) is 0 Å². The fraction of sp³-hybridized carbons (Fsp3) is 0.231. The van der Waals surface area contributed by atoms with Gasteiger partial charge in [-0.15, -0.1) is 0 Å². The van der Waals surface area contributed by atoms with E-state index in [4.69, 9.17) is 5.11 Å². The van der Waals surface area contributed by atoms with E-state index in [9.17, 15) is 13.2 Å². The molecular weight excluding hydrogens is 229 g/mol. The Bertz CT molecular complexity index is 475. The molecule has 0 spiro atoms. The van der Waals surface area contributed by atoms with Crippen molar-refractivity contribution in [2.45, 2.75) is 13.1 Å². The second-order valence-electron chi connectivity index (χ2n) is 3.40. The van der Waals surface area contributed by atoms with Crippen molar-refractivity contribution in [2.75, 3.05) is 6.61 Å². The number of hydrogen-bond acceptors (Lipinski definition) is 1. The van der Waals surface area contributed by atoms with Crippen LogP contribution in [0.1, 0.15) is 18.1 Å². The monoisotopic (exact) mass is 240 g/mol. The van der Waals surface area contributed by atoms with Crippen molar-refractivity contribution in [3.63, 3.8) is 0 Å². The number of aliphatic hydroxyl groups excluding tert-OH is 1. The maximum atomic E-state index is 12.4. The maximum Gasteiger partial charge on any atom is 0.416 e. The lowest BCUT2D eigenvalue weighted by molar-refractivity contribution is -0.137. The van der Waals surface area contributed by atoms with Crippen LogP contribution in [0.3, 0.4) is 0 Å². The van der Waals surface area contributed by atoms with Gasteiger partial charge in [-0.2, -0.15) is 13.2 Å². The predicted molar refractivity (Wildman–Crippen MR) is 59.2 cm³/mol. The SMILES string of the molecule is CC(C#Cc1cccc(C(F)(F)F)c1)=CCO. The predicted octanol–water partition coefficient (Wildman–Crippen LogP) is 3.00. The van der Waals surface area contributed by atoms with Crippen molar-refractivity contribution in [3.05, 3.63) is 47.0 Å². The Balaban J connectivity index is 2.98. The minimum absolute atomic E-state index is 0.136. The van der Waals surface area contributed by atoms with Crippen LogP contribution in [0.5, 0.6) is 0 Å². The quantitative estimate of drug-likeness (QED) is 0.748. The summed E-state index contributed by atoms with van der Waals surface area (Å²) in [5.41, 5.74) is 0.198. The molecule has 1 rings (SSSR count). The van der Waals surface area contributed by atoms with E-state index in [1.54, 1.807) is 6.92 Å². The zero-order valence-corrected chi connectivity index (χ0v) is 9.17. The molecule has 1 N–H and O–H groups in total. The molecule has 4 heteroatoms. The van der Waals surface area contributed by atoms with E-state index in [1.165, 1.54) is 18.2 Å². The first-order chi connectivity index (χ1) is 7.93. The van der Waals surface area contributed by atoms with Crippen LogP contribution >= 0.6 is 0 Å². The first-order valence-electron chi connectivity index (χ1n) is 4.90. The molecule has 0 aliphatic rings. The van der Waals surface area contributed by atoms with Gasteiger partial charge in [0.25, 0.3) is 0 Å². The van der Waals surface area contributed by atoms with Gasteiger partial charge in [0.15, 0.2) is 0 Å². The molecule has 1 aromatic carbocycles. The Labute approximate surface area is 97.6 Å². The lowest BCUT2D eigenvalue weighted by Crippen LogP contribution is -2.04. The third kappa shape index (κ3) is 4.33. The van der Waals surface area contributed by atoms with Gasteiger partial charge < -0.3 is 5.11 Å². The molecule has 0 aliphatic carbocycles. The van der Waals surface area contributed by atoms with Crippen LogP contribution in [0.4, 0.5) is 13.2 Å². The van der Waals surface area contributed by atoms with Crippen molar-refractivity contribution in [1.29, 1.82) is 0 Å². The van der Waals surface area contributed by atoms with Crippen molar-refractivity contribution in [3.8, 4) is 11.8 Å². The zero-order chi connectivity index (χ0) is 12.9. The number of aliphatic hydroxyl groups is 1. The molecule has 0 saturated heterocycles. The van der Waals surface area contributed by atoms with Crippen molar-refractivity contribution in [1.82, 2.24) is 0 Å². The summed E-state index contributed by atoms with van der Waals surface area (Å²) in [5, 5.41) is 8.59. The molecule has 0 heterocycles. The summed E-state index contributed by atoms with van der Waals surface area (Å²) >= 11 is 0. The average molecular weight is 240 g/mol. The highest BCUT2D eigenvalue weighted by atomic mass is 19.4. The lowest BCUT2D eigenvalue weighted by Gasteiger charge is -2.05. The average Bonchev–Trinajstić information content (AvgIpc) is 2.26. The maximum absolute atomic E-state index is 12.4. The Hall–Kier alpha value is -1.73. The molecule has 1 aromatic rings. The van der Waals surface area contributed by atoms with Gasteiger partial charge in [0, 0.05) is 5.56 Å². The fourth-order valence-electron chi connectivity index (χ4n) is 1.13. The molecule has 0 aromatic heterocycles. The highest BCUT2D eigenvalue weighted by molar-refractivity contribution is 5.42. The summed E-state index contributed by atoms with van der Waals surface area (Å²) in [7, 11) is 0. The smallest absolute Gasteiger partial charge is 0.392 e. The Kier molecular flexibility index (Phi) is 4.36. The van der Waals surface area contributed by atoms with E-state index in [2.05, 4.69) is 11.8 Å². The van der Waals surface area contributed by atoms with E-state index in [-0.39, 0.29) is 6.61 Å². The molecule has 0 fully saturated rings. The lowest BCUT2D eigenvalue weighted by atomic mass is 10.1. The summed E-state index contributed by atoms with van der Waals surface area (Å²) in [5.74, 6) is 5.27. The number of rotatable bonds is 1. The van der Waals surface area contributed by atoms with E-state index in [0.29, 0.717) is 11.1 Å². The minimum Gasteiger partial charge on any atom is -0.392 e. The highest BCUT2D eigenvalue weighted by Gasteiger charge is 2.30. The van der Waals surface area contributed by atoms with Crippen LogP contribution in [0.15, 0.2) is 35.9 Å². The molecule has 0 bridgehead atoms. The summed E-state index contributed by atoms with van der Waals surface area (Å²) in [6.07, 6.45) is -2.87. The largest absolute Gasteiger partial charge is 0.416 e. The summed E-state index contributed by atoms with van der Waals surface area (Å²) < 4.78 is 37.2. The van der Waals surface area contributed by atoms with Crippen LogP contribution in [-0.2, 0) is 6.18 Å². The van der Waals surface area contributed by atoms with Crippen LogP contribution in [-0.4, -0.2) is 11.7 Å². The Morgan fingerprint density at radius 3 is 2.71 bits per heavy atom. The van der Waals surface area contributed by atoms with E-state index in [1.807, 2.05) is 0 Å². The van der Waals surface area contributed by atoms with E-state index < -0.39 is 11.7 Å². The van der Waals surface area contributed by atoms with Gasteiger partial charge in [-0.25, -0.2) is 0 Å². The molecule has 0 atom stereocenters. The Morgan fingerprint density at radius 2 is 2.12 bits per heavy atom. The van der Waals surface area contributed by atoms with Crippen LogP contribution in [0.2, 0.25) is 0 Å². The number of hydrogen-bond donors (Lipinski definition) is 1. The third-order valence-corrected chi connectivity index (χ3v) is 1.99. The summed E-state index contributed by atoms with van der Waals surface area (Å²) in [6, 6.07) is 4.83. The summed E-state index contributed by atoms with van der Waals surface area (Å²) in [6.45, 7) is 1.54.